The Labute approximate surface area is 118 Å². The van der Waals surface area contributed by atoms with Crippen LogP contribution in [0.25, 0.3) is 11.0 Å². The minimum atomic E-state index is -0.758. The van der Waals surface area contributed by atoms with Crippen molar-refractivity contribution >= 4 is 28.7 Å². The Balaban J connectivity index is 0.000000861. The van der Waals surface area contributed by atoms with E-state index in [2.05, 4.69) is 23.2 Å². The summed E-state index contributed by atoms with van der Waals surface area (Å²) in [7, 11) is 0. The van der Waals surface area contributed by atoms with Crippen molar-refractivity contribution in [2.24, 2.45) is 0 Å². The number of aromatic nitrogens is 1. The third kappa shape index (κ3) is 4.91. The number of aliphatic carboxylic acids is 1. The van der Waals surface area contributed by atoms with E-state index >= 15 is 0 Å². The van der Waals surface area contributed by atoms with Crippen molar-refractivity contribution in [1.29, 1.82) is 0 Å². The van der Waals surface area contributed by atoms with Crippen LogP contribution in [-0.4, -0.2) is 21.8 Å². The number of carboxylic acid groups (broad SMARTS) is 1. The molecule has 3 nitrogen and oxygen atoms in total. The second kappa shape index (κ2) is 8.53. The molecule has 1 aliphatic rings. The summed E-state index contributed by atoms with van der Waals surface area (Å²) in [5.41, 5.74) is 2.05. The number of thioether (sulfide) groups is 1. The van der Waals surface area contributed by atoms with Crippen LogP contribution in [0.2, 0.25) is 0 Å². The molecule has 1 aromatic rings. The number of pyridine rings is 1. The molecule has 0 aliphatic heterocycles. The Morgan fingerprint density at radius 1 is 1.47 bits per heavy atom. The van der Waals surface area contributed by atoms with Crippen LogP contribution >= 0.6 is 11.8 Å². The highest BCUT2D eigenvalue weighted by atomic mass is 32.2. The van der Waals surface area contributed by atoms with Gasteiger partial charge in [0.2, 0.25) is 0 Å². The van der Waals surface area contributed by atoms with Crippen LogP contribution < -0.4 is 0 Å². The largest absolute Gasteiger partial charge is 0.481 e. The van der Waals surface area contributed by atoms with E-state index in [0.29, 0.717) is 5.75 Å². The summed E-state index contributed by atoms with van der Waals surface area (Å²) in [5.74, 6) is -0.178. The monoisotopic (exact) mass is 277 g/mol. The van der Waals surface area contributed by atoms with Crippen molar-refractivity contribution in [1.82, 2.24) is 4.98 Å². The zero-order chi connectivity index (χ0) is 14.1. The van der Waals surface area contributed by atoms with Gasteiger partial charge in [-0.15, -0.1) is 11.8 Å². The standard InChI is InChI=1S/C13H13NO2S.C2H6/c15-12(16)7-9-17-11-6-2-1-4-10-5-3-8-14-13(10)11;1-2/h1,3-6,8H,2,7,9H2,(H,15,16);1-2H3. The first-order chi connectivity index (χ1) is 9.27. The van der Waals surface area contributed by atoms with E-state index in [9.17, 15) is 4.79 Å². The summed E-state index contributed by atoms with van der Waals surface area (Å²) >= 11 is 1.56. The van der Waals surface area contributed by atoms with Crippen LogP contribution in [0, 0.1) is 0 Å². The Morgan fingerprint density at radius 2 is 2.26 bits per heavy atom. The van der Waals surface area contributed by atoms with E-state index < -0.39 is 5.97 Å². The molecule has 0 atom stereocenters. The highest BCUT2D eigenvalue weighted by molar-refractivity contribution is 8.08. The molecule has 1 heterocycles. The van der Waals surface area contributed by atoms with Crippen LogP contribution in [0.4, 0.5) is 0 Å². The van der Waals surface area contributed by atoms with E-state index in [1.807, 2.05) is 26.0 Å². The van der Waals surface area contributed by atoms with Crippen LogP contribution in [0.1, 0.15) is 37.9 Å². The molecule has 1 N–H and O–H groups in total. The van der Waals surface area contributed by atoms with E-state index in [1.165, 1.54) is 0 Å². The molecule has 1 aromatic heterocycles. The Bertz CT molecular complexity index is 481. The maximum atomic E-state index is 10.5. The molecule has 2 rings (SSSR count). The topological polar surface area (TPSA) is 50.2 Å². The fourth-order valence-electron chi connectivity index (χ4n) is 1.60. The average molecular weight is 277 g/mol. The fraction of sp³-hybridized carbons (Fsp3) is 0.333. The van der Waals surface area contributed by atoms with Crippen molar-refractivity contribution in [2.75, 3.05) is 5.75 Å². The van der Waals surface area contributed by atoms with Gasteiger partial charge in [-0.05, 0) is 12.5 Å². The van der Waals surface area contributed by atoms with E-state index in [-0.39, 0.29) is 6.42 Å². The summed E-state index contributed by atoms with van der Waals surface area (Å²) < 4.78 is 0. The molecular weight excluding hydrogens is 258 g/mol. The van der Waals surface area contributed by atoms with Crippen molar-refractivity contribution in [2.45, 2.75) is 26.7 Å². The second-order valence-electron chi connectivity index (χ2n) is 3.64. The van der Waals surface area contributed by atoms with Crippen LogP contribution in [0.5, 0.6) is 0 Å². The summed E-state index contributed by atoms with van der Waals surface area (Å²) in [5, 5.41) is 8.63. The lowest BCUT2D eigenvalue weighted by molar-refractivity contribution is -0.136. The Kier molecular flexibility index (Phi) is 6.97. The van der Waals surface area contributed by atoms with Crippen molar-refractivity contribution < 1.29 is 9.90 Å². The molecule has 0 spiro atoms. The number of nitrogens with zero attached hydrogens (tertiary/aromatic N) is 1. The van der Waals surface area contributed by atoms with Gasteiger partial charge >= 0.3 is 5.97 Å². The molecule has 102 valence electrons. The molecule has 0 bridgehead atoms. The van der Waals surface area contributed by atoms with Gasteiger partial charge in [-0.1, -0.05) is 38.1 Å². The summed E-state index contributed by atoms with van der Waals surface area (Å²) in [6.45, 7) is 4.00. The first-order valence-electron chi connectivity index (χ1n) is 6.44. The zero-order valence-electron chi connectivity index (χ0n) is 11.3. The van der Waals surface area contributed by atoms with Gasteiger partial charge in [0.15, 0.2) is 0 Å². The lowest BCUT2D eigenvalue weighted by Gasteiger charge is -2.07. The maximum absolute atomic E-state index is 10.5. The van der Waals surface area contributed by atoms with Crippen molar-refractivity contribution in [3.05, 3.63) is 41.7 Å². The molecule has 0 saturated carbocycles. The minimum Gasteiger partial charge on any atom is -0.481 e. The van der Waals surface area contributed by atoms with E-state index in [4.69, 9.17) is 5.11 Å². The second-order valence-corrected chi connectivity index (χ2v) is 4.78. The summed E-state index contributed by atoms with van der Waals surface area (Å²) in [6.07, 6.45) is 9.06. The quantitative estimate of drug-likeness (QED) is 0.901. The molecule has 0 aromatic carbocycles. The number of carbonyl (C=O) groups is 1. The van der Waals surface area contributed by atoms with Gasteiger partial charge in [-0.2, -0.15) is 0 Å². The van der Waals surface area contributed by atoms with E-state index in [0.717, 1.165) is 22.6 Å². The molecule has 0 amide bonds. The zero-order valence-corrected chi connectivity index (χ0v) is 12.1. The smallest absolute Gasteiger partial charge is 0.304 e. The molecule has 1 aliphatic carbocycles. The molecule has 19 heavy (non-hydrogen) atoms. The Hall–Kier alpha value is -1.55. The number of hydrogen-bond donors (Lipinski definition) is 1. The van der Waals surface area contributed by atoms with Crippen molar-refractivity contribution in [3.8, 4) is 0 Å². The molecule has 4 heteroatoms. The van der Waals surface area contributed by atoms with Gasteiger partial charge in [0.25, 0.3) is 0 Å². The lowest BCUT2D eigenvalue weighted by atomic mass is 10.2. The number of fused-ring (bicyclic) bond motifs is 1. The Morgan fingerprint density at radius 3 is 3.00 bits per heavy atom. The number of hydrogen-bond acceptors (Lipinski definition) is 3. The fourth-order valence-corrected chi connectivity index (χ4v) is 2.62. The summed E-state index contributed by atoms with van der Waals surface area (Å²) in [4.78, 5) is 15.9. The minimum absolute atomic E-state index is 0.178. The summed E-state index contributed by atoms with van der Waals surface area (Å²) in [6, 6.07) is 3.93. The van der Waals surface area contributed by atoms with E-state index in [1.54, 1.807) is 18.0 Å². The third-order valence-corrected chi connectivity index (χ3v) is 3.46. The molecule has 0 fully saturated rings. The number of rotatable bonds is 4. The van der Waals surface area contributed by atoms with Gasteiger partial charge < -0.3 is 5.11 Å². The van der Waals surface area contributed by atoms with Crippen LogP contribution in [-0.2, 0) is 4.79 Å². The normalized spacial score (nSPS) is 12.6. The predicted octanol–water partition coefficient (Wildman–Crippen LogP) is 4.07. The predicted molar refractivity (Wildman–Crippen MR) is 81.9 cm³/mol. The highest BCUT2D eigenvalue weighted by Crippen LogP contribution is 2.31. The number of allylic oxidation sites excluding steroid dienone is 2. The van der Waals surface area contributed by atoms with Crippen LogP contribution in [0.3, 0.4) is 0 Å². The van der Waals surface area contributed by atoms with Gasteiger partial charge in [0.05, 0.1) is 12.1 Å². The first kappa shape index (κ1) is 15.5. The van der Waals surface area contributed by atoms with Crippen molar-refractivity contribution in [3.63, 3.8) is 0 Å². The highest BCUT2D eigenvalue weighted by Gasteiger charge is 2.10. The maximum Gasteiger partial charge on any atom is 0.304 e. The molecule has 0 unspecified atom stereocenters. The van der Waals surface area contributed by atoms with Crippen LogP contribution in [0.15, 0.2) is 30.5 Å². The lowest BCUT2D eigenvalue weighted by Crippen LogP contribution is -1.97. The van der Waals surface area contributed by atoms with Gasteiger partial charge in [-0.25, -0.2) is 0 Å². The third-order valence-electron chi connectivity index (χ3n) is 2.38. The molecular formula is C15H19NO2S. The average Bonchev–Trinajstić information content (AvgIpc) is 2.64. The number of carboxylic acids is 1. The SMILES string of the molecule is CC.O=C(O)CCSC1=CCC=Cc2cccnc21. The first-order valence-corrected chi connectivity index (χ1v) is 7.42. The molecule has 0 radical (unpaired) electrons. The van der Waals surface area contributed by atoms with Gasteiger partial charge in [-0.3, -0.25) is 9.78 Å². The molecule has 0 saturated heterocycles. The van der Waals surface area contributed by atoms with Gasteiger partial charge in [0.1, 0.15) is 0 Å². The van der Waals surface area contributed by atoms with Gasteiger partial charge in [0, 0.05) is 22.4 Å².